The molecule has 0 atom stereocenters. The summed E-state index contributed by atoms with van der Waals surface area (Å²) >= 11 is 0. The Morgan fingerprint density at radius 1 is 1.65 bits per heavy atom. The fourth-order valence-electron chi connectivity index (χ4n) is 1.22. The van der Waals surface area contributed by atoms with E-state index in [1.165, 1.54) is 6.20 Å². The highest BCUT2D eigenvalue weighted by atomic mass is 32.2. The van der Waals surface area contributed by atoms with Crippen molar-refractivity contribution in [3.63, 3.8) is 0 Å². The molecule has 0 spiro atoms. The molecule has 7 nitrogen and oxygen atoms in total. The van der Waals surface area contributed by atoms with Crippen molar-refractivity contribution in [1.29, 1.82) is 5.41 Å². The van der Waals surface area contributed by atoms with Crippen LogP contribution in [0.2, 0.25) is 0 Å². The first kappa shape index (κ1) is 13.7. The van der Waals surface area contributed by atoms with E-state index in [1.54, 1.807) is 0 Å². The Morgan fingerprint density at radius 2 is 2.35 bits per heavy atom. The van der Waals surface area contributed by atoms with Gasteiger partial charge >= 0.3 is 0 Å². The van der Waals surface area contributed by atoms with E-state index in [2.05, 4.69) is 14.7 Å². The fraction of sp³-hybridized carbons (Fsp3) is 0.556. The number of amidine groups is 1. The smallest absolute Gasteiger partial charge is 0.257 e. The number of nitrogens with one attached hydrogen (secondary N) is 3. The van der Waals surface area contributed by atoms with Gasteiger partial charge in [0.1, 0.15) is 5.82 Å². The lowest BCUT2D eigenvalue weighted by Gasteiger charge is -2.03. The first-order valence-electron chi connectivity index (χ1n) is 5.32. The third kappa shape index (κ3) is 4.16. The van der Waals surface area contributed by atoms with E-state index in [4.69, 9.17) is 11.1 Å². The van der Waals surface area contributed by atoms with Crippen LogP contribution in [0, 0.1) is 5.41 Å². The summed E-state index contributed by atoms with van der Waals surface area (Å²) in [6, 6.07) is 0. The summed E-state index contributed by atoms with van der Waals surface area (Å²) in [6.45, 7) is 2.14. The van der Waals surface area contributed by atoms with E-state index in [-0.39, 0.29) is 17.4 Å². The van der Waals surface area contributed by atoms with Crippen molar-refractivity contribution in [1.82, 2.24) is 14.7 Å². The predicted octanol–water partition coefficient (Wildman–Crippen LogP) is -0.0334. The van der Waals surface area contributed by atoms with Gasteiger partial charge in [0.15, 0.2) is 5.03 Å². The fourth-order valence-corrected chi connectivity index (χ4v) is 2.23. The second-order valence-corrected chi connectivity index (χ2v) is 5.31. The van der Waals surface area contributed by atoms with Gasteiger partial charge in [0.05, 0.1) is 12.0 Å². The third-order valence-corrected chi connectivity index (χ3v) is 3.52. The minimum Gasteiger partial charge on any atom is -0.388 e. The van der Waals surface area contributed by atoms with Crippen LogP contribution in [0.25, 0.3) is 0 Å². The standard InChI is InChI=1S/C9H17N5O2S/c1-2-8-12-6-9(14-8)17(15,16)13-5-3-4-7(10)11/h6,13H,2-5H2,1H3,(H3,10,11)(H,12,14). The molecule has 0 aliphatic rings. The average molecular weight is 259 g/mol. The second kappa shape index (κ2) is 5.78. The number of nitrogens with two attached hydrogens (primary N) is 1. The summed E-state index contributed by atoms with van der Waals surface area (Å²) in [6.07, 6.45) is 2.83. The van der Waals surface area contributed by atoms with Crippen LogP contribution in [0.1, 0.15) is 25.6 Å². The zero-order valence-corrected chi connectivity index (χ0v) is 10.5. The Morgan fingerprint density at radius 3 is 2.88 bits per heavy atom. The van der Waals surface area contributed by atoms with E-state index < -0.39 is 10.0 Å². The predicted molar refractivity (Wildman–Crippen MR) is 64.3 cm³/mol. The molecule has 1 aromatic rings. The Bertz CT molecular complexity index is 479. The van der Waals surface area contributed by atoms with Crippen molar-refractivity contribution in [2.45, 2.75) is 31.2 Å². The Balaban J connectivity index is 2.53. The maximum absolute atomic E-state index is 11.7. The third-order valence-electron chi connectivity index (χ3n) is 2.14. The number of rotatable bonds is 7. The summed E-state index contributed by atoms with van der Waals surface area (Å²) in [4.78, 5) is 6.65. The SMILES string of the molecule is CCc1ncc(S(=O)(=O)NCCCC(=N)N)[nH]1. The van der Waals surface area contributed by atoms with Crippen molar-refractivity contribution in [2.75, 3.05) is 6.54 Å². The number of aromatic amines is 1. The summed E-state index contributed by atoms with van der Waals surface area (Å²) in [5.41, 5.74) is 5.16. The van der Waals surface area contributed by atoms with Gasteiger partial charge in [-0.25, -0.2) is 18.1 Å². The summed E-state index contributed by atoms with van der Waals surface area (Å²) in [5, 5.41) is 7.07. The maximum atomic E-state index is 11.7. The molecule has 0 fully saturated rings. The Labute approximate surface area is 100 Å². The Kier molecular flexibility index (Phi) is 4.64. The molecule has 96 valence electrons. The second-order valence-electron chi connectivity index (χ2n) is 3.57. The lowest BCUT2D eigenvalue weighted by molar-refractivity contribution is 0.576. The monoisotopic (exact) mass is 259 g/mol. The molecule has 0 saturated carbocycles. The van der Waals surface area contributed by atoms with Crippen LogP contribution in [-0.4, -0.2) is 30.8 Å². The molecule has 8 heteroatoms. The number of imidazole rings is 1. The number of hydrogen-bond acceptors (Lipinski definition) is 4. The maximum Gasteiger partial charge on any atom is 0.257 e. The van der Waals surface area contributed by atoms with E-state index in [0.29, 0.717) is 25.1 Å². The Hall–Kier alpha value is -1.41. The highest BCUT2D eigenvalue weighted by Crippen LogP contribution is 2.05. The first-order valence-corrected chi connectivity index (χ1v) is 6.80. The molecule has 17 heavy (non-hydrogen) atoms. The molecule has 5 N–H and O–H groups in total. The van der Waals surface area contributed by atoms with E-state index in [1.807, 2.05) is 6.92 Å². The molecule has 0 aliphatic carbocycles. The first-order chi connectivity index (χ1) is 7.95. The molecule has 0 aliphatic heterocycles. The topological polar surface area (TPSA) is 125 Å². The number of aromatic nitrogens is 2. The van der Waals surface area contributed by atoms with Crippen molar-refractivity contribution < 1.29 is 8.42 Å². The molecule has 0 amide bonds. The van der Waals surface area contributed by atoms with Crippen LogP contribution >= 0.6 is 0 Å². The van der Waals surface area contributed by atoms with Crippen molar-refractivity contribution >= 4 is 15.9 Å². The summed E-state index contributed by atoms with van der Waals surface area (Å²) in [5.74, 6) is 0.688. The average Bonchev–Trinajstić information content (AvgIpc) is 2.73. The molecule has 1 heterocycles. The van der Waals surface area contributed by atoms with Crippen LogP contribution in [0.15, 0.2) is 11.2 Å². The highest BCUT2D eigenvalue weighted by molar-refractivity contribution is 7.89. The molecule has 1 aromatic heterocycles. The quantitative estimate of drug-likeness (QED) is 0.311. The van der Waals surface area contributed by atoms with Gasteiger partial charge < -0.3 is 10.7 Å². The lowest BCUT2D eigenvalue weighted by atomic mass is 10.3. The molecule has 1 rings (SSSR count). The van der Waals surface area contributed by atoms with Crippen molar-refractivity contribution in [2.24, 2.45) is 5.73 Å². The summed E-state index contributed by atoms with van der Waals surface area (Å²) < 4.78 is 25.9. The molecule has 0 bridgehead atoms. The van der Waals surface area contributed by atoms with Crippen molar-refractivity contribution in [3.8, 4) is 0 Å². The van der Waals surface area contributed by atoms with E-state index >= 15 is 0 Å². The van der Waals surface area contributed by atoms with Gasteiger partial charge in [-0.3, -0.25) is 5.41 Å². The van der Waals surface area contributed by atoms with E-state index in [0.717, 1.165) is 0 Å². The van der Waals surface area contributed by atoms with Gasteiger partial charge in [-0.15, -0.1) is 0 Å². The van der Waals surface area contributed by atoms with Crippen LogP contribution < -0.4 is 10.5 Å². The number of hydrogen-bond donors (Lipinski definition) is 4. The van der Waals surface area contributed by atoms with Crippen LogP contribution in [-0.2, 0) is 16.4 Å². The molecule has 0 saturated heterocycles. The number of aryl methyl sites for hydroxylation is 1. The normalized spacial score (nSPS) is 11.6. The molecular weight excluding hydrogens is 242 g/mol. The van der Waals surface area contributed by atoms with Crippen LogP contribution in [0.3, 0.4) is 0 Å². The van der Waals surface area contributed by atoms with Gasteiger partial charge in [0.25, 0.3) is 10.0 Å². The number of nitrogens with zero attached hydrogens (tertiary/aromatic N) is 1. The number of sulfonamides is 1. The van der Waals surface area contributed by atoms with Gasteiger partial charge in [0, 0.05) is 19.4 Å². The minimum absolute atomic E-state index is 0.0546. The van der Waals surface area contributed by atoms with E-state index in [9.17, 15) is 8.42 Å². The molecule has 0 aromatic carbocycles. The van der Waals surface area contributed by atoms with Crippen molar-refractivity contribution in [3.05, 3.63) is 12.0 Å². The van der Waals surface area contributed by atoms with Gasteiger partial charge in [0.2, 0.25) is 0 Å². The molecule has 0 unspecified atom stereocenters. The zero-order valence-electron chi connectivity index (χ0n) is 9.66. The number of H-pyrrole nitrogens is 1. The van der Waals surface area contributed by atoms with Crippen LogP contribution in [0.4, 0.5) is 0 Å². The van der Waals surface area contributed by atoms with Gasteiger partial charge in [-0.2, -0.15) is 0 Å². The molecule has 0 radical (unpaired) electrons. The highest BCUT2D eigenvalue weighted by Gasteiger charge is 2.15. The van der Waals surface area contributed by atoms with Gasteiger partial charge in [-0.1, -0.05) is 6.92 Å². The summed E-state index contributed by atoms with van der Waals surface area (Å²) in [7, 11) is -3.53. The zero-order chi connectivity index (χ0) is 12.9. The lowest BCUT2D eigenvalue weighted by Crippen LogP contribution is -2.26. The van der Waals surface area contributed by atoms with Crippen LogP contribution in [0.5, 0.6) is 0 Å². The van der Waals surface area contributed by atoms with Gasteiger partial charge in [-0.05, 0) is 6.42 Å². The minimum atomic E-state index is -3.53. The largest absolute Gasteiger partial charge is 0.388 e. The molecular formula is C9H17N5O2S.